The van der Waals surface area contributed by atoms with E-state index in [9.17, 15) is 0 Å². The topological polar surface area (TPSA) is 29.5 Å². The van der Waals surface area contributed by atoms with Gasteiger partial charge in [-0.25, -0.2) is 0 Å². The molecule has 0 heterocycles. The summed E-state index contributed by atoms with van der Waals surface area (Å²) in [4.78, 5) is 0. The van der Waals surface area contributed by atoms with E-state index >= 15 is 0 Å². The van der Waals surface area contributed by atoms with Gasteiger partial charge in [0.1, 0.15) is 0 Å². The summed E-state index contributed by atoms with van der Waals surface area (Å²) in [5.41, 5.74) is 1.42. The fraction of sp³-hybridized carbons (Fsp3) is 0.900. The molecule has 0 fully saturated rings. The molecule has 0 amide bonds. The normalized spacial score (nSPS) is 15.6. The van der Waals surface area contributed by atoms with Crippen LogP contribution in [0.5, 0.6) is 0 Å². The second kappa shape index (κ2) is 13.1. The lowest BCUT2D eigenvalue weighted by molar-refractivity contribution is 0.00658. The molecule has 0 bridgehead atoms. The Morgan fingerprint density at radius 3 is 2.09 bits per heavy atom. The highest BCUT2D eigenvalue weighted by Gasteiger charge is 2.15. The van der Waals surface area contributed by atoms with Crippen LogP contribution in [-0.4, -0.2) is 24.4 Å². The minimum Gasteiger partial charge on any atom is -0.396 e. The van der Waals surface area contributed by atoms with Crippen molar-refractivity contribution in [3.8, 4) is 0 Å². The first-order chi connectivity index (χ1) is 10.4. The van der Waals surface area contributed by atoms with Crippen molar-refractivity contribution in [1.82, 2.24) is 0 Å². The van der Waals surface area contributed by atoms with E-state index in [1.807, 2.05) is 0 Å². The molecule has 2 heteroatoms. The van der Waals surface area contributed by atoms with Crippen molar-refractivity contribution in [2.24, 2.45) is 17.8 Å². The maximum Gasteiger partial charge on any atom is 0.0598 e. The van der Waals surface area contributed by atoms with E-state index in [0.717, 1.165) is 38.2 Å². The highest BCUT2D eigenvalue weighted by atomic mass is 16.5. The Hall–Kier alpha value is -0.340. The number of aliphatic hydroxyl groups is 1. The smallest absolute Gasteiger partial charge is 0.0598 e. The molecule has 0 saturated carbocycles. The van der Waals surface area contributed by atoms with Crippen molar-refractivity contribution in [2.75, 3.05) is 13.2 Å². The van der Waals surface area contributed by atoms with Gasteiger partial charge in [-0.05, 0) is 70.1 Å². The van der Waals surface area contributed by atoms with Gasteiger partial charge >= 0.3 is 0 Å². The van der Waals surface area contributed by atoms with Crippen LogP contribution in [0.2, 0.25) is 0 Å². The van der Waals surface area contributed by atoms with Crippen molar-refractivity contribution in [3.63, 3.8) is 0 Å². The van der Waals surface area contributed by atoms with Crippen LogP contribution in [0.15, 0.2) is 11.6 Å². The van der Waals surface area contributed by atoms with E-state index < -0.39 is 0 Å². The number of ether oxygens (including phenoxy) is 1. The molecule has 2 nitrogen and oxygen atoms in total. The molecule has 0 rings (SSSR count). The highest BCUT2D eigenvalue weighted by Crippen LogP contribution is 2.20. The van der Waals surface area contributed by atoms with Gasteiger partial charge in [-0.3, -0.25) is 0 Å². The lowest BCUT2D eigenvalue weighted by Gasteiger charge is -2.24. The Morgan fingerprint density at radius 1 is 0.909 bits per heavy atom. The summed E-state index contributed by atoms with van der Waals surface area (Å²) < 4.78 is 6.15. The zero-order valence-corrected chi connectivity index (χ0v) is 15.9. The summed E-state index contributed by atoms with van der Waals surface area (Å²) in [6.45, 7) is 14.6. The molecule has 0 unspecified atom stereocenters. The predicted molar refractivity (Wildman–Crippen MR) is 97.1 cm³/mol. The fourth-order valence-corrected chi connectivity index (χ4v) is 2.64. The SMILES string of the molecule is CC(C)=CCC[C@@H](C)CCO[C@@H](CC[C@@H](C)CCO)C(C)C. The third-order valence-corrected chi connectivity index (χ3v) is 4.46. The van der Waals surface area contributed by atoms with Gasteiger partial charge in [-0.1, -0.05) is 39.3 Å². The summed E-state index contributed by atoms with van der Waals surface area (Å²) in [6, 6.07) is 0. The van der Waals surface area contributed by atoms with E-state index in [1.165, 1.54) is 18.4 Å². The molecule has 0 saturated heterocycles. The van der Waals surface area contributed by atoms with Crippen LogP contribution in [0, 0.1) is 17.8 Å². The minimum atomic E-state index is 0.303. The Bertz CT molecular complexity index is 279. The third-order valence-electron chi connectivity index (χ3n) is 4.46. The summed E-state index contributed by atoms with van der Waals surface area (Å²) in [5, 5.41) is 8.98. The largest absolute Gasteiger partial charge is 0.396 e. The summed E-state index contributed by atoms with van der Waals surface area (Å²) >= 11 is 0. The third kappa shape index (κ3) is 12.2. The molecule has 0 aromatic carbocycles. The second-order valence-corrected chi connectivity index (χ2v) is 7.60. The standard InChI is InChI=1S/C20H40O2/c1-16(2)8-7-9-18(5)13-15-22-20(17(3)4)11-10-19(6)12-14-21/h8,17-21H,7,9-15H2,1-6H3/t18-,19-,20+/m1/s1. The zero-order chi connectivity index (χ0) is 17.0. The minimum absolute atomic E-state index is 0.303. The molecule has 0 aliphatic rings. The molecular weight excluding hydrogens is 272 g/mol. The molecule has 22 heavy (non-hydrogen) atoms. The van der Waals surface area contributed by atoms with E-state index in [0.29, 0.717) is 24.5 Å². The van der Waals surface area contributed by atoms with E-state index in [2.05, 4.69) is 47.6 Å². The lowest BCUT2D eigenvalue weighted by Crippen LogP contribution is -2.22. The lowest BCUT2D eigenvalue weighted by atomic mass is 9.95. The predicted octanol–water partition coefficient (Wildman–Crippen LogP) is 5.60. The molecule has 132 valence electrons. The Labute approximate surface area is 139 Å². The first kappa shape index (κ1) is 21.7. The van der Waals surface area contributed by atoms with Gasteiger partial charge in [0, 0.05) is 13.2 Å². The summed E-state index contributed by atoms with van der Waals surface area (Å²) in [5.74, 6) is 1.90. The first-order valence-electron chi connectivity index (χ1n) is 9.22. The molecule has 0 spiro atoms. The van der Waals surface area contributed by atoms with Crippen molar-refractivity contribution < 1.29 is 9.84 Å². The van der Waals surface area contributed by atoms with Crippen LogP contribution in [0.25, 0.3) is 0 Å². The van der Waals surface area contributed by atoms with Crippen LogP contribution in [0.4, 0.5) is 0 Å². The van der Waals surface area contributed by atoms with Gasteiger partial charge in [0.2, 0.25) is 0 Å². The maximum atomic E-state index is 8.98. The second-order valence-electron chi connectivity index (χ2n) is 7.60. The summed E-state index contributed by atoms with van der Waals surface area (Å²) in [7, 11) is 0. The number of aliphatic hydroxyl groups excluding tert-OH is 1. The first-order valence-corrected chi connectivity index (χ1v) is 9.22. The zero-order valence-electron chi connectivity index (χ0n) is 15.9. The Kier molecular flexibility index (Phi) is 12.9. The highest BCUT2D eigenvalue weighted by molar-refractivity contribution is 4.92. The van der Waals surface area contributed by atoms with Crippen molar-refractivity contribution in [2.45, 2.75) is 86.2 Å². The van der Waals surface area contributed by atoms with Crippen LogP contribution < -0.4 is 0 Å². The molecule has 0 aliphatic heterocycles. The van der Waals surface area contributed by atoms with Crippen LogP contribution in [-0.2, 0) is 4.74 Å². The average Bonchev–Trinajstić information content (AvgIpc) is 2.42. The monoisotopic (exact) mass is 312 g/mol. The Morgan fingerprint density at radius 2 is 1.55 bits per heavy atom. The molecule has 0 aliphatic carbocycles. The van der Waals surface area contributed by atoms with Gasteiger partial charge in [0.25, 0.3) is 0 Å². The van der Waals surface area contributed by atoms with Gasteiger partial charge in [0.05, 0.1) is 6.10 Å². The molecule has 3 atom stereocenters. The van der Waals surface area contributed by atoms with Crippen LogP contribution in [0.1, 0.15) is 80.1 Å². The van der Waals surface area contributed by atoms with E-state index in [4.69, 9.17) is 9.84 Å². The van der Waals surface area contributed by atoms with Gasteiger partial charge in [-0.2, -0.15) is 0 Å². The quantitative estimate of drug-likeness (QED) is 0.449. The number of hydrogen-bond acceptors (Lipinski definition) is 2. The molecule has 0 aromatic heterocycles. The van der Waals surface area contributed by atoms with Crippen LogP contribution >= 0.6 is 0 Å². The molecular formula is C20H40O2. The van der Waals surface area contributed by atoms with E-state index in [1.54, 1.807) is 0 Å². The van der Waals surface area contributed by atoms with Gasteiger partial charge < -0.3 is 9.84 Å². The Balaban J connectivity index is 3.92. The van der Waals surface area contributed by atoms with Crippen molar-refractivity contribution in [1.29, 1.82) is 0 Å². The fourth-order valence-electron chi connectivity index (χ4n) is 2.64. The van der Waals surface area contributed by atoms with E-state index in [-0.39, 0.29) is 0 Å². The van der Waals surface area contributed by atoms with Gasteiger partial charge in [0.15, 0.2) is 0 Å². The van der Waals surface area contributed by atoms with Gasteiger partial charge in [-0.15, -0.1) is 0 Å². The molecule has 1 N–H and O–H groups in total. The van der Waals surface area contributed by atoms with Crippen molar-refractivity contribution >= 4 is 0 Å². The number of hydrogen-bond donors (Lipinski definition) is 1. The molecule has 0 radical (unpaired) electrons. The molecule has 0 aromatic rings. The average molecular weight is 313 g/mol. The maximum absolute atomic E-state index is 8.98. The van der Waals surface area contributed by atoms with Crippen LogP contribution in [0.3, 0.4) is 0 Å². The summed E-state index contributed by atoms with van der Waals surface area (Å²) in [6.07, 6.45) is 9.48. The van der Waals surface area contributed by atoms with Crippen molar-refractivity contribution in [3.05, 3.63) is 11.6 Å². The number of allylic oxidation sites excluding steroid dienone is 2. The number of rotatable bonds is 13.